The number of allylic oxidation sites excluding steroid dienone is 1. The van der Waals surface area contributed by atoms with Crippen LogP contribution in [0.3, 0.4) is 0 Å². The van der Waals surface area contributed by atoms with E-state index in [-0.39, 0.29) is 12.1 Å². The number of carbonyl (C=O) groups is 1. The molecule has 0 fully saturated rings. The Morgan fingerprint density at radius 2 is 1.66 bits per heavy atom. The van der Waals surface area contributed by atoms with Gasteiger partial charge in [-0.15, -0.1) is 0 Å². The molecule has 0 aliphatic rings. The lowest BCUT2D eigenvalue weighted by Gasteiger charge is -2.16. The fraction of sp³-hybridized carbons (Fsp3) is 0.654. The van der Waals surface area contributed by atoms with E-state index in [4.69, 9.17) is 9.47 Å². The zero-order valence-electron chi connectivity index (χ0n) is 18.7. The summed E-state index contributed by atoms with van der Waals surface area (Å²) in [6, 6.07) is 10.4. The van der Waals surface area contributed by atoms with Crippen molar-refractivity contribution in [1.29, 1.82) is 0 Å². The maximum atomic E-state index is 11.2. The molecule has 1 aromatic carbocycles. The van der Waals surface area contributed by atoms with Crippen LogP contribution in [-0.4, -0.2) is 19.2 Å². The van der Waals surface area contributed by atoms with Crippen molar-refractivity contribution in [3.63, 3.8) is 0 Å². The van der Waals surface area contributed by atoms with E-state index in [0.29, 0.717) is 13.0 Å². The van der Waals surface area contributed by atoms with Gasteiger partial charge in [0, 0.05) is 6.42 Å². The number of hydrogen-bond acceptors (Lipinski definition) is 3. The van der Waals surface area contributed by atoms with Gasteiger partial charge in [0.15, 0.2) is 0 Å². The van der Waals surface area contributed by atoms with Crippen LogP contribution in [0.25, 0.3) is 0 Å². The van der Waals surface area contributed by atoms with Gasteiger partial charge < -0.3 is 9.47 Å². The number of unbranched alkanes of at least 4 members (excludes halogenated alkanes) is 8. The van der Waals surface area contributed by atoms with Crippen LogP contribution in [0, 0.1) is 0 Å². The van der Waals surface area contributed by atoms with Crippen LogP contribution < -0.4 is 0 Å². The minimum absolute atomic E-state index is 0.112. The Balaban J connectivity index is 2.27. The molecule has 164 valence electrons. The first kappa shape index (κ1) is 25.4. The number of rotatable bonds is 18. The standard InChI is InChI=1S/C26H42O3/c1-3-4-5-6-7-8-9-10-15-20-25(21-16-12-17-22-26(27)28-2)29-23-24-18-13-11-14-19-24/h10-11,13-15,18-19,25H,3-9,12,16-17,20-23H2,1-2H3/b15-10-/t25-/m0/s1. The van der Waals surface area contributed by atoms with E-state index < -0.39 is 0 Å². The molecule has 3 heteroatoms. The Kier molecular flexibility index (Phi) is 16.2. The van der Waals surface area contributed by atoms with Crippen molar-refractivity contribution in [1.82, 2.24) is 0 Å². The Labute approximate surface area is 178 Å². The second-order valence-electron chi connectivity index (χ2n) is 7.86. The number of esters is 1. The second-order valence-corrected chi connectivity index (χ2v) is 7.86. The van der Waals surface area contributed by atoms with Crippen molar-refractivity contribution in [2.45, 2.75) is 103 Å². The molecule has 0 bridgehead atoms. The van der Waals surface area contributed by atoms with Crippen LogP contribution in [-0.2, 0) is 20.9 Å². The first-order chi connectivity index (χ1) is 14.3. The summed E-state index contributed by atoms with van der Waals surface area (Å²) in [5, 5.41) is 0. The zero-order chi connectivity index (χ0) is 21.0. The summed E-state index contributed by atoms with van der Waals surface area (Å²) < 4.78 is 10.9. The van der Waals surface area contributed by atoms with Gasteiger partial charge in [-0.2, -0.15) is 0 Å². The van der Waals surface area contributed by atoms with Crippen molar-refractivity contribution >= 4 is 5.97 Å². The number of methoxy groups -OCH3 is 1. The summed E-state index contributed by atoms with van der Waals surface area (Å²) in [4.78, 5) is 11.2. The first-order valence-corrected chi connectivity index (χ1v) is 11.6. The van der Waals surface area contributed by atoms with Gasteiger partial charge in [-0.1, -0.05) is 94.4 Å². The van der Waals surface area contributed by atoms with Gasteiger partial charge in [0.25, 0.3) is 0 Å². The minimum atomic E-state index is -0.112. The molecule has 1 atom stereocenters. The van der Waals surface area contributed by atoms with Crippen LogP contribution in [0.4, 0.5) is 0 Å². The Morgan fingerprint density at radius 1 is 0.931 bits per heavy atom. The molecule has 0 radical (unpaired) electrons. The third-order valence-corrected chi connectivity index (χ3v) is 5.25. The van der Waals surface area contributed by atoms with E-state index in [9.17, 15) is 4.79 Å². The second kappa shape index (κ2) is 18.4. The molecular formula is C26H42O3. The van der Waals surface area contributed by atoms with Crippen molar-refractivity contribution in [3.8, 4) is 0 Å². The molecule has 3 nitrogen and oxygen atoms in total. The molecule has 1 rings (SSSR count). The highest BCUT2D eigenvalue weighted by Gasteiger charge is 2.08. The van der Waals surface area contributed by atoms with Crippen molar-refractivity contribution < 1.29 is 14.3 Å². The molecule has 0 spiro atoms. The molecule has 0 aliphatic heterocycles. The molecule has 0 saturated carbocycles. The molecule has 29 heavy (non-hydrogen) atoms. The van der Waals surface area contributed by atoms with Gasteiger partial charge >= 0.3 is 5.97 Å². The summed E-state index contributed by atoms with van der Waals surface area (Å²) in [5.74, 6) is -0.112. The molecular weight excluding hydrogens is 360 g/mol. The van der Waals surface area contributed by atoms with Crippen LogP contribution in [0.2, 0.25) is 0 Å². The molecule has 0 amide bonds. The first-order valence-electron chi connectivity index (χ1n) is 11.6. The predicted octanol–water partition coefficient (Wildman–Crippen LogP) is 7.39. The molecule has 0 unspecified atom stereocenters. The summed E-state index contributed by atoms with van der Waals surface area (Å²) >= 11 is 0. The lowest BCUT2D eigenvalue weighted by atomic mass is 10.1. The Morgan fingerprint density at radius 3 is 2.41 bits per heavy atom. The SMILES string of the molecule is CCCCCCCC/C=C\C[C@@H](CCCCCC(=O)OC)OCc1ccccc1. The van der Waals surface area contributed by atoms with Gasteiger partial charge in [0.1, 0.15) is 0 Å². The van der Waals surface area contributed by atoms with E-state index in [1.165, 1.54) is 57.6 Å². The molecule has 0 heterocycles. The molecule has 0 N–H and O–H groups in total. The van der Waals surface area contributed by atoms with Crippen LogP contribution in [0.5, 0.6) is 0 Å². The third kappa shape index (κ3) is 15.0. The Bertz CT molecular complexity index is 524. The number of hydrogen-bond donors (Lipinski definition) is 0. The quantitative estimate of drug-likeness (QED) is 0.146. The molecule has 0 saturated heterocycles. The van der Waals surface area contributed by atoms with E-state index in [1.54, 1.807) is 0 Å². The molecule has 0 aliphatic carbocycles. The van der Waals surface area contributed by atoms with Gasteiger partial charge in [-0.05, 0) is 37.7 Å². The summed E-state index contributed by atoms with van der Waals surface area (Å²) in [5.41, 5.74) is 1.22. The smallest absolute Gasteiger partial charge is 0.305 e. The van der Waals surface area contributed by atoms with E-state index in [1.807, 2.05) is 6.07 Å². The maximum Gasteiger partial charge on any atom is 0.305 e. The highest BCUT2D eigenvalue weighted by molar-refractivity contribution is 5.68. The minimum Gasteiger partial charge on any atom is -0.469 e. The van der Waals surface area contributed by atoms with Crippen LogP contribution >= 0.6 is 0 Å². The summed E-state index contributed by atoms with van der Waals surface area (Å²) in [6.45, 7) is 2.93. The van der Waals surface area contributed by atoms with Crippen molar-refractivity contribution in [2.75, 3.05) is 7.11 Å². The number of carbonyl (C=O) groups excluding carboxylic acids is 1. The van der Waals surface area contributed by atoms with Gasteiger partial charge in [-0.25, -0.2) is 0 Å². The fourth-order valence-electron chi connectivity index (χ4n) is 3.39. The van der Waals surface area contributed by atoms with Gasteiger partial charge in [-0.3, -0.25) is 4.79 Å². The predicted molar refractivity (Wildman–Crippen MR) is 122 cm³/mol. The van der Waals surface area contributed by atoms with E-state index in [0.717, 1.165) is 32.1 Å². The monoisotopic (exact) mass is 402 g/mol. The summed E-state index contributed by atoms with van der Waals surface area (Å²) in [6.07, 6.45) is 19.7. The Hall–Kier alpha value is -1.61. The van der Waals surface area contributed by atoms with Gasteiger partial charge in [0.05, 0.1) is 19.8 Å². The highest BCUT2D eigenvalue weighted by Crippen LogP contribution is 2.15. The fourth-order valence-corrected chi connectivity index (χ4v) is 3.39. The average molecular weight is 403 g/mol. The highest BCUT2D eigenvalue weighted by atomic mass is 16.5. The lowest BCUT2D eigenvalue weighted by Crippen LogP contribution is -2.12. The van der Waals surface area contributed by atoms with E-state index >= 15 is 0 Å². The van der Waals surface area contributed by atoms with Crippen molar-refractivity contribution in [3.05, 3.63) is 48.0 Å². The number of ether oxygens (including phenoxy) is 2. The van der Waals surface area contributed by atoms with Gasteiger partial charge in [0.2, 0.25) is 0 Å². The van der Waals surface area contributed by atoms with Crippen LogP contribution in [0.1, 0.15) is 96.0 Å². The third-order valence-electron chi connectivity index (χ3n) is 5.25. The maximum absolute atomic E-state index is 11.2. The topological polar surface area (TPSA) is 35.5 Å². The average Bonchev–Trinajstić information content (AvgIpc) is 2.75. The largest absolute Gasteiger partial charge is 0.469 e. The molecule has 1 aromatic rings. The normalized spacial score (nSPS) is 12.3. The summed E-state index contributed by atoms with van der Waals surface area (Å²) in [7, 11) is 1.45. The number of benzene rings is 1. The van der Waals surface area contributed by atoms with Crippen LogP contribution in [0.15, 0.2) is 42.5 Å². The van der Waals surface area contributed by atoms with Crippen molar-refractivity contribution in [2.24, 2.45) is 0 Å². The molecule has 0 aromatic heterocycles. The van der Waals surface area contributed by atoms with E-state index in [2.05, 4.69) is 43.3 Å². The lowest BCUT2D eigenvalue weighted by molar-refractivity contribution is -0.140. The zero-order valence-corrected chi connectivity index (χ0v) is 18.7.